The lowest BCUT2D eigenvalue weighted by atomic mass is 10.1. The molecule has 0 radical (unpaired) electrons. The van der Waals surface area contributed by atoms with Gasteiger partial charge in [-0.1, -0.05) is 0 Å². The smallest absolute Gasteiger partial charge is 0.236 e. The molecule has 1 fully saturated rings. The van der Waals surface area contributed by atoms with Gasteiger partial charge in [-0.25, -0.2) is 0 Å². The molecule has 0 atom stereocenters. The van der Waals surface area contributed by atoms with E-state index in [1.807, 2.05) is 4.90 Å². The number of nitrogens with zero attached hydrogens (tertiary/aromatic N) is 1. The number of carbonyl (C=O) groups is 2. The molecule has 1 saturated heterocycles. The van der Waals surface area contributed by atoms with Gasteiger partial charge in [0.15, 0.2) is 0 Å². The summed E-state index contributed by atoms with van der Waals surface area (Å²) in [5, 5.41) is 5.93. The Morgan fingerprint density at radius 2 is 2.00 bits per heavy atom. The molecule has 1 aliphatic heterocycles. The predicted molar refractivity (Wildman–Crippen MR) is 68.2 cm³/mol. The summed E-state index contributed by atoms with van der Waals surface area (Å²) in [5.74, 6) is 0.119. The molecule has 0 aromatic heterocycles. The molecule has 1 aliphatic rings. The zero-order chi connectivity index (χ0) is 13.4. The maximum atomic E-state index is 11.8. The molecule has 18 heavy (non-hydrogen) atoms. The Morgan fingerprint density at radius 3 is 2.56 bits per heavy atom. The lowest BCUT2D eigenvalue weighted by molar-refractivity contribution is -0.131. The van der Waals surface area contributed by atoms with Crippen molar-refractivity contribution in [3.8, 4) is 0 Å². The highest BCUT2D eigenvalue weighted by molar-refractivity contribution is 5.78. The predicted octanol–water partition coefficient (Wildman–Crippen LogP) is -0.650. The van der Waals surface area contributed by atoms with Crippen LogP contribution in [0.1, 0.15) is 19.8 Å². The van der Waals surface area contributed by atoms with Gasteiger partial charge in [0.1, 0.15) is 0 Å². The Balaban J connectivity index is 2.17. The van der Waals surface area contributed by atoms with Crippen molar-refractivity contribution >= 4 is 11.8 Å². The molecule has 6 nitrogen and oxygen atoms in total. The van der Waals surface area contributed by atoms with Crippen molar-refractivity contribution in [3.63, 3.8) is 0 Å². The van der Waals surface area contributed by atoms with Crippen molar-refractivity contribution in [2.75, 3.05) is 39.9 Å². The normalized spacial score (nSPS) is 16.7. The van der Waals surface area contributed by atoms with Crippen LogP contribution in [0.15, 0.2) is 0 Å². The molecular formula is C12H23N3O3. The van der Waals surface area contributed by atoms with E-state index in [2.05, 4.69) is 10.6 Å². The van der Waals surface area contributed by atoms with Crippen molar-refractivity contribution in [1.82, 2.24) is 15.5 Å². The molecule has 0 aromatic rings. The van der Waals surface area contributed by atoms with Crippen molar-refractivity contribution < 1.29 is 14.3 Å². The Labute approximate surface area is 108 Å². The first-order chi connectivity index (χ1) is 8.63. The highest BCUT2D eigenvalue weighted by Gasteiger charge is 2.22. The minimum Gasteiger partial charge on any atom is -0.383 e. The first-order valence-electron chi connectivity index (χ1n) is 6.38. The molecule has 0 saturated carbocycles. The van der Waals surface area contributed by atoms with Gasteiger partial charge in [-0.05, 0) is 12.8 Å². The van der Waals surface area contributed by atoms with Gasteiger partial charge in [-0.15, -0.1) is 0 Å². The maximum Gasteiger partial charge on any atom is 0.236 e. The zero-order valence-corrected chi connectivity index (χ0v) is 11.2. The fourth-order valence-corrected chi connectivity index (χ4v) is 2.04. The summed E-state index contributed by atoms with van der Waals surface area (Å²) < 4.78 is 4.89. The van der Waals surface area contributed by atoms with E-state index in [9.17, 15) is 9.59 Å². The second-order valence-corrected chi connectivity index (χ2v) is 4.53. The van der Waals surface area contributed by atoms with Gasteiger partial charge < -0.3 is 20.3 Å². The molecule has 0 aromatic carbocycles. The summed E-state index contributed by atoms with van der Waals surface area (Å²) in [4.78, 5) is 24.6. The number of amides is 2. The zero-order valence-electron chi connectivity index (χ0n) is 11.2. The molecule has 1 rings (SSSR count). The van der Waals surface area contributed by atoms with Crippen LogP contribution in [0.2, 0.25) is 0 Å². The van der Waals surface area contributed by atoms with Crippen LogP contribution in [0, 0.1) is 0 Å². The fraction of sp³-hybridized carbons (Fsp3) is 0.833. The maximum absolute atomic E-state index is 11.8. The molecule has 6 heteroatoms. The summed E-state index contributed by atoms with van der Waals surface area (Å²) >= 11 is 0. The number of carbonyl (C=O) groups excluding carboxylic acids is 2. The largest absolute Gasteiger partial charge is 0.383 e. The second kappa shape index (κ2) is 8.05. The topological polar surface area (TPSA) is 70.7 Å². The Hall–Kier alpha value is -1.14. The van der Waals surface area contributed by atoms with Gasteiger partial charge in [0.05, 0.1) is 13.2 Å². The summed E-state index contributed by atoms with van der Waals surface area (Å²) in [7, 11) is 1.64. The van der Waals surface area contributed by atoms with Gasteiger partial charge >= 0.3 is 0 Å². The number of hydrogen-bond donors (Lipinski definition) is 2. The van der Waals surface area contributed by atoms with Gasteiger partial charge in [0, 0.05) is 39.7 Å². The van der Waals surface area contributed by atoms with Crippen LogP contribution >= 0.6 is 0 Å². The summed E-state index contributed by atoms with van der Waals surface area (Å²) in [6.45, 7) is 4.61. The summed E-state index contributed by atoms with van der Waals surface area (Å²) in [5.41, 5.74) is 0. The molecule has 104 valence electrons. The van der Waals surface area contributed by atoms with Crippen LogP contribution < -0.4 is 10.6 Å². The fourth-order valence-electron chi connectivity index (χ4n) is 2.04. The quantitative estimate of drug-likeness (QED) is 0.620. The van der Waals surface area contributed by atoms with Crippen molar-refractivity contribution in [2.45, 2.75) is 25.8 Å². The molecule has 0 aliphatic carbocycles. The van der Waals surface area contributed by atoms with E-state index in [-0.39, 0.29) is 17.9 Å². The van der Waals surface area contributed by atoms with Crippen LogP contribution in [0.5, 0.6) is 0 Å². The Morgan fingerprint density at radius 1 is 1.33 bits per heavy atom. The monoisotopic (exact) mass is 257 g/mol. The second-order valence-electron chi connectivity index (χ2n) is 4.53. The number of methoxy groups -OCH3 is 1. The lowest BCUT2D eigenvalue weighted by Gasteiger charge is -2.32. The van der Waals surface area contributed by atoms with Crippen LogP contribution in [-0.4, -0.2) is 62.7 Å². The summed E-state index contributed by atoms with van der Waals surface area (Å²) in [6, 6.07) is 0.216. The van der Waals surface area contributed by atoms with Gasteiger partial charge in [-0.3, -0.25) is 9.59 Å². The Bertz CT molecular complexity index is 276. The van der Waals surface area contributed by atoms with Crippen molar-refractivity contribution in [2.24, 2.45) is 0 Å². The molecular weight excluding hydrogens is 234 g/mol. The van der Waals surface area contributed by atoms with E-state index >= 15 is 0 Å². The average Bonchev–Trinajstić information content (AvgIpc) is 2.34. The molecule has 2 amide bonds. The van der Waals surface area contributed by atoms with Crippen LogP contribution in [-0.2, 0) is 14.3 Å². The van der Waals surface area contributed by atoms with Crippen LogP contribution in [0.3, 0.4) is 0 Å². The van der Waals surface area contributed by atoms with Gasteiger partial charge in [-0.2, -0.15) is 0 Å². The summed E-state index contributed by atoms with van der Waals surface area (Å²) in [6.07, 6.45) is 1.67. The number of nitrogens with one attached hydrogen (secondary N) is 2. The average molecular weight is 257 g/mol. The number of likely N-dealkylation sites (tertiary alicyclic amines) is 1. The molecule has 1 heterocycles. The first kappa shape index (κ1) is 14.9. The third kappa shape index (κ3) is 5.46. The highest BCUT2D eigenvalue weighted by Crippen LogP contribution is 2.10. The minimum absolute atomic E-state index is 0.000934. The van der Waals surface area contributed by atoms with Crippen molar-refractivity contribution in [1.29, 1.82) is 0 Å². The van der Waals surface area contributed by atoms with E-state index < -0.39 is 0 Å². The molecule has 0 spiro atoms. The SMILES string of the molecule is COCCNCC(=O)N1CCC(NC(C)=O)CC1. The number of hydrogen-bond acceptors (Lipinski definition) is 4. The third-order valence-corrected chi connectivity index (χ3v) is 3.01. The molecule has 2 N–H and O–H groups in total. The number of ether oxygens (including phenoxy) is 1. The number of rotatable bonds is 6. The Kier molecular flexibility index (Phi) is 6.67. The number of piperidine rings is 1. The highest BCUT2D eigenvalue weighted by atomic mass is 16.5. The van der Waals surface area contributed by atoms with E-state index in [0.29, 0.717) is 19.7 Å². The van der Waals surface area contributed by atoms with E-state index in [1.165, 1.54) is 6.92 Å². The van der Waals surface area contributed by atoms with Crippen LogP contribution in [0.4, 0.5) is 0 Å². The van der Waals surface area contributed by atoms with Crippen LogP contribution in [0.25, 0.3) is 0 Å². The van der Waals surface area contributed by atoms with Gasteiger partial charge in [0.2, 0.25) is 11.8 Å². The third-order valence-electron chi connectivity index (χ3n) is 3.01. The van der Waals surface area contributed by atoms with E-state index in [4.69, 9.17) is 4.74 Å². The van der Waals surface area contributed by atoms with E-state index in [0.717, 1.165) is 25.9 Å². The van der Waals surface area contributed by atoms with E-state index in [1.54, 1.807) is 7.11 Å². The lowest BCUT2D eigenvalue weighted by Crippen LogP contribution is -2.48. The molecule has 0 bridgehead atoms. The molecule has 0 unspecified atom stereocenters. The van der Waals surface area contributed by atoms with Crippen molar-refractivity contribution in [3.05, 3.63) is 0 Å². The minimum atomic E-state index is 0.000934. The van der Waals surface area contributed by atoms with Gasteiger partial charge in [0.25, 0.3) is 0 Å². The first-order valence-corrected chi connectivity index (χ1v) is 6.38. The standard InChI is InChI=1S/C12H23N3O3/c1-10(16)14-11-3-6-15(7-4-11)12(17)9-13-5-8-18-2/h11,13H,3-9H2,1-2H3,(H,14,16).